The van der Waals surface area contributed by atoms with Gasteiger partial charge < -0.3 is 0 Å². The first-order valence-corrected chi connectivity index (χ1v) is 10.6. The molecule has 0 bridgehead atoms. The standard InChI is InChI=1S/C18H17ClF3N3OS2/c1-2-3-9-25(14(26)6-10-27-11-7-18(20,21)22)17-15(19)24-16(28-17)13-5-4-8-23-12-13/h4-5,8,12H,6-7,9-11H2,1H3. The van der Waals surface area contributed by atoms with Crippen LogP contribution >= 0.6 is 34.7 Å². The van der Waals surface area contributed by atoms with Crippen molar-refractivity contribution < 1.29 is 18.0 Å². The van der Waals surface area contributed by atoms with E-state index in [0.717, 1.165) is 17.3 Å². The highest BCUT2D eigenvalue weighted by molar-refractivity contribution is 7.99. The van der Waals surface area contributed by atoms with E-state index in [4.69, 9.17) is 11.6 Å². The highest BCUT2D eigenvalue weighted by Gasteiger charge is 2.26. The number of carbonyl (C=O) groups excluding carboxylic acids is 1. The van der Waals surface area contributed by atoms with Crippen LogP contribution in [0.2, 0.25) is 5.15 Å². The lowest BCUT2D eigenvalue weighted by Gasteiger charge is -2.18. The molecule has 0 N–H and O–H groups in total. The number of hydrogen-bond donors (Lipinski definition) is 0. The van der Waals surface area contributed by atoms with E-state index in [2.05, 4.69) is 21.8 Å². The molecule has 0 aliphatic carbocycles. The van der Waals surface area contributed by atoms with Crippen molar-refractivity contribution in [1.29, 1.82) is 0 Å². The summed E-state index contributed by atoms with van der Waals surface area (Å²) < 4.78 is 36.6. The van der Waals surface area contributed by atoms with Gasteiger partial charge in [-0.05, 0) is 19.1 Å². The molecule has 2 rings (SSSR count). The number of anilines is 1. The van der Waals surface area contributed by atoms with E-state index in [-0.39, 0.29) is 35.5 Å². The van der Waals surface area contributed by atoms with Crippen molar-refractivity contribution >= 4 is 45.6 Å². The molecule has 0 unspecified atom stereocenters. The van der Waals surface area contributed by atoms with Crippen LogP contribution < -0.4 is 4.90 Å². The summed E-state index contributed by atoms with van der Waals surface area (Å²) in [5.74, 6) is 5.52. The van der Waals surface area contributed by atoms with E-state index in [9.17, 15) is 18.0 Å². The van der Waals surface area contributed by atoms with Gasteiger partial charge >= 0.3 is 6.18 Å². The average molecular weight is 448 g/mol. The summed E-state index contributed by atoms with van der Waals surface area (Å²) in [4.78, 5) is 22.4. The summed E-state index contributed by atoms with van der Waals surface area (Å²) in [5.41, 5.74) is 0.775. The molecule has 0 saturated heterocycles. The predicted octanol–water partition coefficient (Wildman–Crippen LogP) is 5.29. The van der Waals surface area contributed by atoms with Crippen LogP contribution in [-0.4, -0.2) is 40.1 Å². The van der Waals surface area contributed by atoms with Crippen molar-refractivity contribution in [3.63, 3.8) is 0 Å². The van der Waals surface area contributed by atoms with Crippen LogP contribution in [-0.2, 0) is 4.79 Å². The number of thioether (sulfide) groups is 1. The van der Waals surface area contributed by atoms with E-state index < -0.39 is 12.6 Å². The fraction of sp³-hybridized carbons (Fsp3) is 0.389. The van der Waals surface area contributed by atoms with Crippen LogP contribution in [0.15, 0.2) is 24.5 Å². The Kier molecular flexibility index (Phi) is 8.60. The summed E-state index contributed by atoms with van der Waals surface area (Å²) in [6.45, 7) is 1.79. The predicted molar refractivity (Wildman–Crippen MR) is 109 cm³/mol. The van der Waals surface area contributed by atoms with Gasteiger partial charge in [-0.25, -0.2) is 4.98 Å². The Morgan fingerprint density at radius 2 is 2.18 bits per heavy atom. The molecular weight excluding hydrogens is 431 g/mol. The van der Waals surface area contributed by atoms with Gasteiger partial charge in [0.2, 0.25) is 5.91 Å². The number of pyridine rings is 1. The van der Waals surface area contributed by atoms with Crippen molar-refractivity contribution in [2.24, 2.45) is 0 Å². The van der Waals surface area contributed by atoms with Crippen LogP contribution in [0, 0.1) is 11.8 Å². The van der Waals surface area contributed by atoms with Gasteiger partial charge in [0.25, 0.3) is 0 Å². The minimum atomic E-state index is -4.18. The quantitative estimate of drug-likeness (QED) is 0.407. The number of alkyl halides is 3. The third-order valence-electron chi connectivity index (χ3n) is 3.43. The lowest BCUT2D eigenvalue weighted by molar-refractivity contribution is -0.129. The first-order chi connectivity index (χ1) is 13.3. The minimum Gasteiger partial charge on any atom is -0.289 e. The maximum atomic E-state index is 12.6. The van der Waals surface area contributed by atoms with Crippen molar-refractivity contribution in [2.75, 3.05) is 23.0 Å². The minimum absolute atomic E-state index is 0.0714. The normalized spacial score (nSPS) is 11.0. The molecule has 0 radical (unpaired) electrons. The molecule has 28 heavy (non-hydrogen) atoms. The second-order valence-electron chi connectivity index (χ2n) is 5.49. The molecule has 2 heterocycles. The Morgan fingerprint density at radius 1 is 1.39 bits per heavy atom. The summed E-state index contributed by atoms with van der Waals surface area (Å²) in [5, 5.41) is 1.27. The Labute approximate surface area is 174 Å². The fourth-order valence-corrected chi connectivity index (χ4v) is 4.30. The van der Waals surface area contributed by atoms with Gasteiger partial charge in [-0.2, -0.15) is 24.9 Å². The van der Waals surface area contributed by atoms with Crippen molar-refractivity contribution in [1.82, 2.24) is 9.97 Å². The Balaban J connectivity index is 2.07. The van der Waals surface area contributed by atoms with Crippen LogP contribution in [0.3, 0.4) is 0 Å². The average Bonchev–Trinajstić information content (AvgIpc) is 3.03. The molecule has 150 valence electrons. The summed E-state index contributed by atoms with van der Waals surface area (Å²) >= 11 is 8.59. The zero-order valence-corrected chi connectivity index (χ0v) is 17.3. The number of thiazole rings is 1. The van der Waals surface area contributed by atoms with Crippen molar-refractivity contribution in [3.05, 3.63) is 29.7 Å². The molecule has 0 aliphatic rings. The third kappa shape index (κ3) is 7.00. The van der Waals surface area contributed by atoms with Gasteiger partial charge in [0, 0.05) is 35.9 Å². The van der Waals surface area contributed by atoms with Crippen LogP contribution in [0.25, 0.3) is 10.6 Å². The Morgan fingerprint density at radius 3 is 2.82 bits per heavy atom. The number of carbonyl (C=O) groups is 1. The molecule has 1 amide bonds. The Bertz CT molecular complexity index is 847. The number of aromatic nitrogens is 2. The first kappa shape index (κ1) is 22.5. The topological polar surface area (TPSA) is 46.1 Å². The molecule has 0 aromatic carbocycles. The van der Waals surface area contributed by atoms with Gasteiger partial charge in [0.15, 0.2) is 5.15 Å². The van der Waals surface area contributed by atoms with Crippen LogP contribution in [0.1, 0.15) is 19.8 Å². The van der Waals surface area contributed by atoms with E-state index in [0.29, 0.717) is 10.0 Å². The zero-order chi connectivity index (χ0) is 20.6. The number of rotatable bonds is 8. The van der Waals surface area contributed by atoms with Crippen molar-refractivity contribution in [3.8, 4) is 22.4 Å². The number of halogens is 4. The van der Waals surface area contributed by atoms with E-state index in [1.165, 1.54) is 16.2 Å². The smallest absolute Gasteiger partial charge is 0.289 e. The molecule has 0 saturated carbocycles. The molecular formula is C18H17ClF3N3OS2. The van der Waals surface area contributed by atoms with Crippen LogP contribution in [0.5, 0.6) is 0 Å². The number of hydrogen-bond acceptors (Lipinski definition) is 5. The largest absolute Gasteiger partial charge is 0.389 e. The molecule has 0 fully saturated rings. The monoisotopic (exact) mass is 447 g/mol. The maximum absolute atomic E-state index is 12.6. The van der Waals surface area contributed by atoms with E-state index in [1.807, 2.05) is 6.07 Å². The first-order valence-electron chi connectivity index (χ1n) is 8.23. The SMILES string of the molecule is CC#CCN(C(=O)CCSCCC(F)(F)F)c1sc(-c2cccnc2)nc1Cl. The molecule has 2 aromatic heterocycles. The van der Waals surface area contributed by atoms with Gasteiger partial charge in [-0.3, -0.25) is 14.7 Å². The highest BCUT2D eigenvalue weighted by Crippen LogP contribution is 2.37. The summed E-state index contributed by atoms with van der Waals surface area (Å²) in [7, 11) is 0. The van der Waals surface area contributed by atoms with Gasteiger partial charge in [0.1, 0.15) is 10.0 Å². The Hall–Kier alpha value is -1.76. The second kappa shape index (κ2) is 10.7. The fourth-order valence-electron chi connectivity index (χ4n) is 2.09. The zero-order valence-electron chi connectivity index (χ0n) is 14.9. The van der Waals surface area contributed by atoms with Crippen molar-refractivity contribution in [2.45, 2.75) is 25.9 Å². The molecule has 0 atom stereocenters. The van der Waals surface area contributed by atoms with E-state index in [1.54, 1.807) is 25.4 Å². The summed E-state index contributed by atoms with van der Waals surface area (Å²) in [6.07, 6.45) is -1.67. The number of nitrogens with zero attached hydrogens (tertiary/aromatic N) is 3. The molecule has 4 nitrogen and oxygen atoms in total. The van der Waals surface area contributed by atoms with Gasteiger partial charge in [-0.15, -0.1) is 5.92 Å². The highest BCUT2D eigenvalue weighted by atomic mass is 35.5. The number of amides is 1. The van der Waals surface area contributed by atoms with Crippen LogP contribution in [0.4, 0.5) is 18.2 Å². The molecule has 0 aliphatic heterocycles. The lowest BCUT2D eigenvalue weighted by Crippen LogP contribution is -2.31. The second-order valence-corrected chi connectivity index (χ2v) is 8.05. The van der Waals surface area contributed by atoms with E-state index >= 15 is 0 Å². The lowest BCUT2D eigenvalue weighted by atomic mass is 10.3. The van der Waals surface area contributed by atoms with Gasteiger partial charge in [0.05, 0.1) is 13.0 Å². The molecule has 10 heteroatoms. The van der Waals surface area contributed by atoms with Gasteiger partial charge in [-0.1, -0.05) is 28.9 Å². The summed E-state index contributed by atoms with van der Waals surface area (Å²) in [6, 6.07) is 3.61. The maximum Gasteiger partial charge on any atom is 0.389 e. The molecule has 0 spiro atoms. The third-order valence-corrected chi connectivity index (χ3v) is 5.92. The molecule has 2 aromatic rings.